The van der Waals surface area contributed by atoms with E-state index in [1.807, 2.05) is 0 Å². The van der Waals surface area contributed by atoms with Crippen LogP contribution >= 0.6 is 0 Å². The zero-order valence-corrected chi connectivity index (χ0v) is 7.94. The van der Waals surface area contributed by atoms with Crippen LogP contribution in [0.25, 0.3) is 0 Å². The van der Waals surface area contributed by atoms with Crippen molar-refractivity contribution < 1.29 is 19.4 Å². The minimum Gasteiger partial charge on any atom is -0.481 e. The molecule has 0 spiro atoms. The first-order valence-corrected chi connectivity index (χ1v) is 4.71. The van der Waals surface area contributed by atoms with E-state index in [1.54, 1.807) is 0 Å². The maximum Gasteiger partial charge on any atom is 0.314 e. The number of carbonyl (C=O) groups is 2. The van der Waals surface area contributed by atoms with Gasteiger partial charge in [0.15, 0.2) is 0 Å². The molecule has 1 N–H and O–H groups in total. The summed E-state index contributed by atoms with van der Waals surface area (Å²) in [7, 11) is 0. The van der Waals surface area contributed by atoms with Gasteiger partial charge in [0.2, 0.25) is 0 Å². The van der Waals surface area contributed by atoms with Crippen molar-refractivity contribution in [3.05, 3.63) is 12.8 Å². The molecule has 0 radical (unpaired) electrons. The van der Waals surface area contributed by atoms with Gasteiger partial charge >= 0.3 is 11.9 Å². The van der Waals surface area contributed by atoms with E-state index in [0.717, 1.165) is 19.1 Å². The van der Waals surface area contributed by atoms with E-state index >= 15 is 0 Å². The van der Waals surface area contributed by atoms with E-state index in [9.17, 15) is 9.59 Å². The van der Waals surface area contributed by atoms with E-state index in [2.05, 4.69) is 11.3 Å². The second kappa shape index (κ2) is 4.79. The fourth-order valence-corrected chi connectivity index (χ4v) is 1.88. The number of carboxylic acids is 1. The summed E-state index contributed by atoms with van der Waals surface area (Å²) in [5.74, 6) is -2.46. The van der Waals surface area contributed by atoms with Gasteiger partial charge in [-0.1, -0.05) is 19.4 Å². The number of carboxylic acid groups (broad SMARTS) is 1. The van der Waals surface area contributed by atoms with Crippen molar-refractivity contribution in [3.8, 4) is 0 Å². The molecule has 0 aromatic heterocycles. The van der Waals surface area contributed by atoms with E-state index in [1.165, 1.54) is 0 Å². The Bertz CT molecular complexity index is 247. The molecule has 0 aromatic rings. The highest BCUT2D eigenvalue weighted by molar-refractivity contribution is 5.81. The normalized spacial score (nSPS) is 26.6. The van der Waals surface area contributed by atoms with Gasteiger partial charge in [-0.3, -0.25) is 9.59 Å². The summed E-state index contributed by atoms with van der Waals surface area (Å²) >= 11 is 0. The van der Waals surface area contributed by atoms with Crippen LogP contribution < -0.4 is 0 Å². The first-order valence-electron chi connectivity index (χ1n) is 4.71. The fourth-order valence-electron chi connectivity index (χ4n) is 1.88. The summed E-state index contributed by atoms with van der Waals surface area (Å²) < 4.78 is 4.62. The number of esters is 1. The Morgan fingerprint density at radius 3 is 2.36 bits per heavy atom. The van der Waals surface area contributed by atoms with E-state index in [-0.39, 0.29) is 0 Å². The number of ether oxygens (including phenoxy) is 1. The van der Waals surface area contributed by atoms with Crippen LogP contribution in [-0.2, 0) is 14.3 Å². The topological polar surface area (TPSA) is 63.6 Å². The molecular weight excluding hydrogens is 184 g/mol. The minimum absolute atomic E-state index is 0.466. The van der Waals surface area contributed by atoms with Gasteiger partial charge in [0.05, 0.1) is 18.1 Å². The molecule has 0 aromatic carbocycles. The molecule has 0 unspecified atom stereocenters. The van der Waals surface area contributed by atoms with Gasteiger partial charge < -0.3 is 9.84 Å². The summed E-state index contributed by atoms with van der Waals surface area (Å²) in [4.78, 5) is 22.2. The zero-order chi connectivity index (χ0) is 10.6. The highest BCUT2D eigenvalue weighted by Crippen LogP contribution is 2.31. The molecule has 1 saturated carbocycles. The van der Waals surface area contributed by atoms with E-state index in [4.69, 9.17) is 5.11 Å². The molecule has 1 fully saturated rings. The smallest absolute Gasteiger partial charge is 0.314 e. The maximum absolute atomic E-state index is 11.4. The van der Waals surface area contributed by atoms with Gasteiger partial charge in [0.1, 0.15) is 0 Å². The van der Waals surface area contributed by atoms with Crippen molar-refractivity contribution in [3.63, 3.8) is 0 Å². The molecule has 0 amide bonds. The Balaban J connectivity index is 2.66. The Morgan fingerprint density at radius 1 is 1.29 bits per heavy atom. The predicted octanol–water partition coefficient (Wildman–Crippen LogP) is 1.56. The van der Waals surface area contributed by atoms with Crippen LogP contribution in [0.15, 0.2) is 12.8 Å². The van der Waals surface area contributed by atoms with Crippen molar-refractivity contribution in [2.24, 2.45) is 11.8 Å². The largest absolute Gasteiger partial charge is 0.481 e. The molecule has 1 aliphatic rings. The molecule has 1 aliphatic carbocycles. The molecule has 78 valence electrons. The molecule has 4 heteroatoms. The average molecular weight is 198 g/mol. The van der Waals surface area contributed by atoms with Gasteiger partial charge in [-0.05, 0) is 12.8 Å². The maximum atomic E-state index is 11.4. The number of hydrogen-bond acceptors (Lipinski definition) is 3. The van der Waals surface area contributed by atoms with Crippen LogP contribution in [0.4, 0.5) is 0 Å². The summed E-state index contributed by atoms with van der Waals surface area (Å²) in [5.41, 5.74) is 0. The van der Waals surface area contributed by atoms with Crippen LogP contribution in [0.1, 0.15) is 25.7 Å². The van der Waals surface area contributed by atoms with Gasteiger partial charge in [-0.2, -0.15) is 0 Å². The molecule has 4 nitrogen and oxygen atoms in total. The lowest BCUT2D eigenvalue weighted by Crippen LogP contribution is -2.33. The van der Waals surface area contributed by atoms with Gasteiger partial charge in [0, 0.05) is 0 Å². The van der Waals surface area contributed by atoms with Crippen molar-refractivity contribution in [2.45, 2.75) is 25.7 Å². The van der Waals surface area contributed by atoms with Crippen LogP contribution in [0.5, 0.6) is 0 Å². The molecule has 2 atom stereocenters. The first kappa shape index (κ1) is 10.8. The standard InChI is InChI=1S/C10H14O4/c1-2-14-10(13)8-6-4-3-5-7(8)9(11)12/h2,7-8H,1,3-6H2,(H,11,12)/t7-,8-/m1/s1. The molecule has 0 heterocycles. The molecule has 1 rings (SSSR count). The number of aliphatic carboxylic acids is 1. The van der Waals surface area contributed by atoms with Crippen LogP contribution in [0.2, 0.25) is 0 Å². The zero-order valence-electron chi connectivity index (χ0n) is 7.94. The average Bonchev–Trinajstić information content (AvgIpc) is 2.18. The van der Waals surface area contributed by atoms with Crippen LogP contribution in [0.3, 0.4) is 0 Å². The van der Waals surface area contributed by atoms with E-state index < -0.39 is 23.8 Å². The lowest BCUT2D eigenvalue weighted by atomic mass is 9.79. The van der Waals surface area contributed by atoms with E-state index in [0.29, 0.717) is 12.8 Å². The molecule has 14 heavy (non-hydrogen) atoms. The molecule has 0 aliphatic heterocycles. The summed E-state index contributed by atoms with van der Waals surface area (Å²) in [6.45, 7) is 3.27. The highest BCUT2D eigenvalue weighted by atomic mass is 16.5. The monoisotopic (exact) mass is 198 g/mol. The minimum atomic E-state index is -0.907. The van der Waals surface area contributed by atoms with Crippen molar-refractivity contribution in [2.75, 3.05) is 0 Å². The van der Waals surface area contributed by atoms with Crippen LogP contribution in [-0.4, -0.2) is 17.0 Å². The van der Waals surface area contributed by atoms with Crippen molar-refractivity contribution in [1.29, 1.82) is 0 Å². The molecule has 0 saturated heterocycles. The molecule has 0 bridgehead atoms. The predicted molar refractivity (Wildman–Crippen MR) is 49.4 cm³/mol. The number of carbonyl (C=O) groups excluding carboxylic acids is 1. The van der Waals surface area contributed by atoms with Gasteiger partial charge in [-0.15, -0.1) is 0 Å². The third-order valence-electron chi connectivity index (χ3n) is 2.59. The quantitative estimate of drug-likeness (QED) is 0.552. The van der Waals surface area contributed by atoms with Crippen molar-refractivity contribution in [1.82, 2.24) is 0 Å². The van der Waals surface area contributed by atoms with Gasteiger partial charge in [0.25, 0.3) is 0 Å². The first-order chi connectivity index (χ1) is 6.66. The Labute approximate surface area is 82.6 Å². The number of hydrogen-bond donors (Lipinski definition) is 1. The third kappa shape index (κ3) is 2.34. The Hall–Kier alpha value is -1.32. The number of rotatable bonds is 3. The van der Waals surface area contributed by atoms with Crippen LogP contribution in [0, 0.1) is 11.8 Å². The summed E-state index contributed by atoms with van der Waals surface area (Å²) in [6, 6.07) is 0. The Morgan fingerprint density at radius 2 is 1.86 bits per heavy atom. The lowest BCUT2D eigenvalue weighted by Gasteiger charge is -2.25. The van der Waals surface area contributed by atoms with Crippen molar-refractivity contribution >= 4 is 11.9 Å². The third-order valence-corrected chi connectivity index (χ3v) is 2.59. The second-order valence-electron chi connectivity index (χ2n) is 3.44. The van der Waals surface area contributed by atoms with Gasteiger partial charge in [-0.25, -0.2) is 0 Å². The lowest BCUT2D eigenvalue weighted by molar-refractivity contribution is -0.156. The summed E-state index contributed by atoms with van der Waals surface area (Å²) in [5, 5.41) is 8.89. The SMILES string of the molecule is C=COC(=O)[C@@H]1CCCC[C@H]1C(=O)O. The fraction of sp³-hybridized carbons (Fsp3) is 0.600. The highest BCUT2D eigenvalue weighted by Gasteiger charge is 2.36. The molecular formula is C10H14O4. The summed E-state index contributed by atoms with van der Waals surface area (Å²) in [6.07, 6.45) is 3.97. The second-order valence-corrected chi connectivity index (χ2v) is 3.44. The Kier molecular flexibility index (Phi) is 3.68.